The van der Waals surface area contributed by atoms with Gasteiger partial charge in [0.05, 0.1) is 0 Å². The first kappa shape index (κ1) is 7.27. The summed E-state index contributed by atoms with van der Waals surface area (Å²) in [7, 11) is 0. The average molecular weight is 115 g/mol. The van der Waals surface area contributed by atoms with E-state index in [-0.39, 0.29) is 0 Å². The van der Waals surface area contributed by atoms with Crippen LogP contribution in [0.15, 0.2) is 5.11 Å². The van der Waals surface area contributed by atoms with Crippen LogP contribution in [0.25, 0.3) is 10.4 Å². The molecule has 0 spiro atoms. The van der Waals surface area contributed by atoms with Gasteiger partial charge in [-0.1, -0.05) is 12.0 Å². The quantitative estimate of drug-likeness (QED) is 0.330. The Hall–Kier alpha value is -0.730. The van der Waals surface area contributed by atoms with Gasteiger partial charge >= 0.3 is 0 Å². The fourth-order valence-corrected chi connectivity index (χ4v) is 0.167. The van der Waals surface area contributed by atoms with Gasteiger partial charge in [-0.15, -0.1) is 0 Å². The van der Waals surface area contributed by atoms with E-state index in [1.165, 1.54) is 6.92 Å². The molecule has 0 saturated heterocycles. The first-order valence-electron chi connectivity index (χ1n) is 2.41. The van der Waals surface area contributed by atoms with Crippen LogP contribution in [0.5, 0.6) is 0 Å². The highest BCUT2D eigenvalue weighted by Crippen LogP contribution is 2.08. The summed E-state index contributed by atoms with van der Waals surface area (Å²) in [6, 6.07) is 0. The van der Waals surface area contributed by atoms with E-state index in [0.717, 1.165) is 0 Å². The molecule has 1 atom stereocenters. The SMILES string of the molecule is CCC(C)(O)N=[N+]=[N-]. The van der Waals surface area contributed by atoms with E-state index in [0.29, 0.717) is 6.42 Å². The van der Waals surface area contributed by atoms with E-state index in [2.05, 4.69) is 10.0 Å². The van der Waals surface area contributed by atoms with E-state index in [1.807, 2.05) is 0 Å². The Morgan fingerprint density at radius 3 is 2.50 bits per heavy atom. The van der Waals surface area contributed by atoms with Crippen molar-refractivity contribution in [3.63, 3.8) is 0 Å². The first-order valence-corrected chi connectivity index (χ1v) is 2.41. The molecule has 0 rings (SSSR count). The molecule has 0 bridgehead atoms. The Labute approximate surface area is 47.8 Å². The van der Waals surface area contributed by atoms with Crippen LogP contribution in [0.4, 0.5) is 0 Å². The molecule has 1 unspecified atom stereocenters. The third-order valence-electron chi connectivity index (χ3n) is 0.930. The smallest absolute Gasteiger partial charge is 0.140 e. The third kappa shape index (κ3) is 2.44. The highest BCUT2D eigenvalue weighted by molar-refractivity contribution is 4.65. The number of nitrogens with zero attached hydrogens (tertiary/aromatic N) is 3. The lowest BCUT2D eigenvalue weighted by molar-refractivity contribution is 0.0636. The zero-order chi connectivity index (χ0) is 6.62. The van der Waals surface area contributed by atoms with E-state index in [4.69, 9.17) is 10.6 Å². The van der Waals surface area contributed by atoms with Crippen molar-refractivity contribution >= 4 is 0 Å². The maximum atomic E-state index is 8.90. The highest BCUT2D eigenvalue weighted by atomic mass is 16.3. The average Bonchev–Trinajstić information content (AvgIpc) is 1.67. The molecule has 4 heteroatoms. The van der Waals surface area contributed by atoms with Gasteiger partial charge < -0.3 is 5.11 Å². The van der Waals surface area contributed by atoms with Crippen molar-refractivity contribution in [1.82, 2.24) is 0 Å². The summed E-state index contributed by atoms with van der Waals surface area (Å²) < 4.78 is 0. The molecule has 0 aliphatic carbocycles. The maximum absolute atomic E-state index is 8.90. The molecule has 4 nitrogen and oxygen atoms in total. The van der Waals surface area contributed by atoms with Gasteiger partial charge in [0.2, 0.25) is 0 Å². The molecule has 0 saturated carbocycles. The molecule has 0 heterocycles. The fraction of sp³-hybridized carbons (Fsp3) is 1.00. The maximum Gasteiger partial charge on any atom is 0.140 e. The van der Waals surface area contributed by atoms with Gasteiger partial charge in [-0.2, -0.15) is 0 Å². The fourth-order valence-electron chi connectivity index (χ4n) is 0.167. The van der Waals surface area contributed by atoms with E-state index in [1.54, 1.807) is 6.92 Å². The number of hydrogen-bond acceptors (Lipinski definition) is 2. The molecule has 8 heavy (non-hydrogen) atoms. The monoisotopic (exact) mass is 115 g/mol. The Balaban J connectivity index is 3.90. The summed E-state index contributed by atoms with van der Waals surface area (Å²) in [5, 5.41) is 12.0. The molecule has 0 radical (unpaired) electrons. The zero-order valence-electron chi connectivity index (χ0n) is 5.00. The van der Waals surface area contributed by atoms with Gasteiger partial charge in [0, 0.05) is 4.91 Å². The standard InChI is InChI=1S/C4H9N3O/c1-3-4(2,8)6-7-5/h8H,3H2,1-2H3. The molecular weight excluding hydrogens is 106 g/mol. The van der Waals surface area contributed by atoms with E-state index >= 15 is 0 Å². The van der Waals surface area contributed by atoms with Crippen LogP contribution in [-0.4, -0.2) is 10.8 Å². The van der Waals surface area contributed by atoms with Crippen LogP contribution in [0.2, 0.25) is 0 Å². The van der Waals surface area contributed by atoms with Gasteiger partial charge in [-0.05, 0) is 18.9 Å². The minimum absolute atomic E-state index is 0.442. The molecule has 0 amide bonds. The second-order valence-electron chi connectivity index (χ2n) is 1.76. The van der Waals surface area contributed by atoms with Crippen molar-refractivity contribution in [2.24, 2.45) is 5.11 Å². The van der Waals surface area contributed by atoms with Crippen LogP contribution < -0.4 is 0 Å². The highest BCUT2D eigenvalue weighted by Gasteiger charge is 2.12. The molecule has 0 aromatic heterocycles. The van der Waals surface area contributed by atoms with Crippen molar-refractivity contribution < 1.29 is 5.11 Å². The van der Waals surface area contributed by atoms with E-state index < -0.39 is 5.72 Å². The minimum Gasteiger partial charge on any atom is -0.384 e. The van der Waals surface area contributed by atoms with Crippen LogP contribution in [0, 0.1) is 0 Å². The Morgan fingerprint density at radius 2 is 2.38 bits per heavy atom. The van der Waals surface area contributed by atoms with Crippen LogP contribution in [-0.2, 0) is 0 Å². The molecule has 46 valence electrons. The van der Waals surface area contributed by atoms with E-state index in [9.17, 15) is 0 Å². The summed E-state index contributed by atoms with van der Waals surface area (Å²) in [5.41, 5.74) is 6.63. The van der Waals surface area contributed by atoms with Gasteiger partial charge in [-0.25, -0.2) is 0 Å². The second-order valence-corrected chi connectivity index (χ2v) is 1.76. The molecular formula is C4H9N3O. The zero-order valence-corrected chi connectivity index (χ0v) is 5.00. The topological polar surface area (TPSA) is 69.0 Å². The first-order chi connectivity index (χ1) is 3.62. The summed E-state index contributed by atoms with van der Waals surface area (Å²) in [6.45, 7) is 3.21. The lowest BCUT2D eigenvalue weighted by Gasteiger charge is -2.11. The number of aliphatic hydroxyl groups is 1. The third-order valence-corrected chi connectivity index (χ3v) is 0.930. The molecule has 0 aromatic rings. The molecule has 1 N–H and O–H groups in total. The second kappa shape index (κ2) is 2.55. The number of azide groups is 1. The van der Waals surface area contributed by atoms with Crippen LogP contribution in [0.1, 0.15) is 20.3 Å². The summed E-state index contributed by atoms with van der Waals surface area (Å²) in [5.74, 6) is 0. The summed E-state index contributed by atoms with van der Waals surface area (Å²) in [6.07, 6.45) is 0.442. The normalized spacial score (nSPS) is 16.4. The van der Waals surface area contributed by atoms with Gasteiger partial charge in [0.25, 0.3) is 0 Å². The van der Waals surface area contributed by atoms with Crippen molar-refractivity contribution in [1.29, 1.82) is 0 Å². The van der Waals surface area contributed by atoms with Crippen molar-refractivity contribution in [3.8, 4) is 0 Å². The predicted octanol–water partition coefficient (Wildman–Crippen LogP) is 1.42. The number of hydrogen-bond donors (Lipinski definition) is 1. The lowest BCUT2D eigenvalue weighted by Crippen LogP contribution is -2.17. The summed E-state index contributed by atoms with van der Waals surface area (Å²) >= 11 is 0. The van der Waals surface area contributed by atoms with Gasteiger partial charge in [0.1, 0.15) is 5.72 Å². The Morgan fingerprint density at radius 1 is 1.88 bits per heavy atom. The van der Waals surface area contributed by atoms with Gasteiger partial charge in [-0.3, -0.25) is 0 Å². The lowest BCUT2D eigenvalue weighted by atomic mass is 10.2. The molecule has 0 aliphatic rings. The van der Waals surface area contributed by atoms with Crippen molar-refractivity contribution in [2.45, 2.75) is 26.0 Å². The van der Waals surface area contributed by atoms with Gasteiger partial charge in [0.15, 0.2) is 0 Å². The Kier molecular flexibility index (Phi) is 2.31. The largest absolute Gasteiger partial charge is 0.384 e. The van der Waals surface area contributed by atoms with Crippen LogP contribution >= 0.6 is 0 Å². The van der Waals surface area contributed by atoms with Crippen molar-refractivity contribution in [2.75, 3.05) is 0 Å². The van der Waals surface area contributed by atoms with Crippen molar-refractivity contribution in [3.05, 3.63) is 10.4 Å². The molecule has 0 fully saturated rings. The Bertz CT molecular complexity index is 114. The summed E-state index contributed by atoms with van der Waals surface area (Å²) in [4.78, 5) is 2.45. The molecule has 0 aliphatic heterocycles. The minimum atomic E-state index is -1.20. The molecule has 0 aromatic carbocycles. The number of rotatable bonds is 2. The predicted molar refractivity (Wildman–Crippen MR) is 30.1 cm³/mol. The van der Waals surface area contributed by atoms with Crippen LogP contribution in [0.3, 0.4) is 0 Å².